The highest BCUT2D eigenvalue weighted by molar-refractivity contribution is 5.71. The van der Waals surface area contributed by atoms with Crippen LogP contribution in [0.3, 0.4) is 0 Å². The lowest BCUT2D eigenvalue weighted by atomic mass is 9.91. The number of hydrogen-bond donors (Lipinski definition) is 0. The molecule has 2 aromatic rings. The number of benzene rings is 1. The molecule has 1 aromatic carbocycles. The third kappa shape index (κ3) is 5.59. The zero-order chi connectivity index (χ0) is 18.7. The number of carbonyl (C=O) groups excluding carboxylic acids is 1. The summed E-state index contributed by atoms with van der Waals surface area (Å²) in [6.07, 6.45) is -2.81. The highest BCUT2D eigenvalue weighted by Gasteiger charge is 2.31. The molecule has 25 heavy (non-hydrogen) atoms. The average molecular weight is 351 g/mol. The fourth-order valence-corrected chi connectivity index (χ4v) is 2.43. The van der Waals surface area contributed by atoms with Crippen molar-refractivity contribution in [2.45, 2.75) is 44.9 Å². The van der Waals surface area contributed by atoms with E-state index in [0.717, 1.165) is 12.1 Å². The number of carbonyl (C=O) groups is 1. The van der Waals surface area contributed by atoms with Crippen LogP contribution in [0.5, 0.6) is 0 Å². The van der Waals surface area contributed by atoms with Crippen LogP contribution >= 0.6 is 0 Å². The molecule has 0 bridgehead atoms. The molecule has 6 heteroatoms. The van der Waals surface area contributed by atoms with Gasteiger partial charge in [0.25, 0.3) is 0 Å². The molecule has 1 aromatic heterocycles. The summed E-state index contributed by atoms with van der Waals surface area (Å²) in [6, 6.07) is 10.0. The Morgan fingerprint density at radius 3 is 2.20 bits per heavy atom. The molecule has 1 heterocycles. The quantitative estimate of drug-likeness (QED) is 0.731. The number of nitrogens with zero attached hydrogens (tertiary/aromatic N) is 1. The van der Waals surface area contributed by atoms with Gasteiger partial charge in [-0.3, -0.25) is 9.78 Å². The van der Waals surface area contributed by atoms with Gasteiger partial charge in [-0.1, -0.05) is 18.2 Å². The Morgan fingerprint density at radius 1 is 1.08 bits per heavy atom. The van der Waals surface area contributed by atoms with Crippen molar-refractivity contribution in [1.82, 2.24) is 4.98 Å². The van der Waals surface area contributed by atoms with Crippen LogP contribution in [0.4, 0.5) is 13.2 Å². The topological polar surface area (TPSA) is 39.2 Å². The second kappa shape index (κ2) is 7.25. The molecule has 0 radical (unpaired) electrons. The molecule has 0 fully saturated rings. The van der Waals surface area contributed by atoms with E-state index in [-0.39, 0.29) is 6.42 Å². The molecule has 0 aliphatic carbocycles. The summed E-state index contributed by atoms with van der Waals surface area (Å²) >= 11 is 0. The molecule has 1 atom stereocenters. The third-order valence-electron chi connectivity index (χ3n) is 3.48. The van der Waals surface area contributed by atoms with Gasteiger partial charge in [-0.05, 0) is 50.6 Å². The fraction of sp³-hybridized carbons (Fsp3) is 0.368. The summed E-state index contributed by atoms with van der Waals surface area (Å²) in [4.78, 5) is 16.5. The van der Waals surface area contributed by atoms with E-state index in [1.807, 2.05) is 0 Å². The Labute approximate surface area is 144 Å². The van der Waals surface area contributed by atoms with Crippen molar-refractivity contribution in [3.63, 3.8) is 0 Å². The van der Waals surface area contributed by atoms with Crippen LogP contribution in [0.1, 0.15) is 49.9 Å². The van der Waals surface area contributed by atoms with E-state index in [1.165, 1.54) is 12.1 Å². The Kier molecular flexibility index (Phi) is 5.50. The van der Waals surface area contributed by atoms with Gasteiger partial charge in [0.15, 0.2) is 0 Å². The molecular formula is C19H20F3NO2. The van der Waals surface area contributed by atoms with Crippen molar-refractivity contribution in [1.29, 1.82) is 0 Å². The van der Waals surface area contributed by atoms with Crippen molar-refractivity contribution in [2.24, 2.45) is 0 Å². The highest BCUT2D eigenvalue weighted by atomic mass is 19.4. The number of hydrogen-bond acceptors (Lipinski definition) is 3. The van der Waals surface area contributed by atoms with E-state index in [1.54, 1.807) is 45.2 Å². The lowest BCUT2D eigenvalue weighted by molar-refractivity contribution is -0.155. The van der Waals surface area contributed by atoms with E-state index in [2.05, 4.69) is 4.98 Å². The van der Waals surface area contributed by atoms with Gasteiger partial charge in [-0.25, -0.2) is 0 Å². The smallest absolute Gasteiger partial charge is 0.416 e. The Balaban J connectivity index is 2.31. The summed E-state index contributed by atoms with van der Waals surface area (Å²) in [5.41, 5.74) is -0.176. The van der Waals surface area contributed by atoms with E-state index in [4.69, 9.17) is 4.74 Å². The van der Waals surface area contributed by atoms with Crippen LogP contribution in [0.25, 0.3) is 0 Å². The summed E-state index contributed by atoms with van der Waals surface area (Å²) in [5, 5.41) is 0. The second-order valence-electron chi connectivity index (χ2n) is 6.72. The second-order valence-corrected chi connectivity index (χ2v) is 6.72. The molecule has 0 aliphatic rings. The van der Waals surface area contributed by atoms with Gasteiger partial charge in [-0.15, -0.1) is 0 Å². The zero-order valence-corrected chi connectivity index (χ0v) is 14.3. The number of pyridine rings is 1. The Bertz CT molecular complexity index is 704. The van der Waals surface area contributed by atoms with Crippen LogP contribution in [0, 0.1) is 0 Å². The molecule has 2 rings (SSSR count). The van der Waals surface area contributed by atoms with Gasteiger partial charge in [0, 0.05) is 17.8 Å². The maximum atomic E-state index is 12.8. The van der Waals surface area contributed by atoms with Crippen molar-refractivity contribution in [2.75, 3.05) is 0 Å². The maximum Gasteiger partial charge on any atom is 0.416 e. The van der Waals surface area contributed by atoms with Gasteiger partial charge in [0.2, 0.25) is 0 Å². The van der Waals surface area contributed by atoms with Crippen LogP contribution in [-0.2, 0) is 15.7 Å². The van der Waals surface area contributed by atoms with Gasteiger partial charge < -0.3 is 4.74 Å². The average Bonchev–Trinajstić information content (AvgIpc) is 2.51. The number of halogens is 3. The number of rotatable bonds is 4. The molecule has 0 aliphatic heterocycles. The Hall–Kier alpha value is -2.37. The first-order valence-electron chi connectivity index (χ1n) is 7.86. The molecular weight excluding hydrogens is 331 g/mol. The molecule has 0 unspecified atom stereocenters. The third-order valence-corrected chi connectivity index (χ3v) is 3.48. The van der Waals surface area contributed by atoms with Crippen LogP contribution in [0.2, 0.25) is 0 Å². The predicted octanol–water partition coefficient (Wildman–Crippen LogP) is 4.96. The lowest BCUT2D eigenvalue weighted by Crippen LogP contribution is -2.25. The fourth-order valence-electron chi connectivity index (χ4n) is 2.43. The maximum absolute atomic E-state index is 12.8. The summed E-state index contributed by atoms with van der Waals surface area (Å²) in [6.45, 7) is 5.29. The van der Waals surface area contributed by atoms with E-state index in [0.29, 0.717) is 11.3 Å². The minimum atomic E-state index is -4.40. The summed E-state index contributed by atoms with van der Waals surface area (Å²) < 4.78 is 43.6. The van der Waals surface area contributed by atoms with E-state index < -0.39 is 29.2 Å². The lowest BCUT2D eigenvalue weighted by Gasteiger charge is -2.22. The minimum absolute atomic E-state index is 0.000349. The van der Waals surface area contributed by atoms with E-state index in [9.17, 15) is 18.0 Å². The van der Waals surface area contributed by atoms with Crippen molar-refractivity contribution < 1.29 is 22.7 Å². The van der Waals surface area contributed by atoms with Gasteiger partial charge in [0.05, 0.1) is 12.0 Å². The van der Waals surface area contributed by atoms with Gasteiger partial charge in [0.1, 0.15) is 5.60 Å². The first-order chi connectivity index (χ1) is 11.6. The summed E-state index contributed by atoms with van der Waals surface area (Å²) in [7, 11) is 0. The molecule has 0 N–H and O–H groups in total. The van der Waals surface area contributed by atoms with E-state index >= 15 is 0 Å². The first kappa shape index (κ1) is 19.0. The van der Waals surface area contributed by atoms with Crippen LogP contribution in [0.15, 0.2) is 48.7 Å². The summed E-state index contributed by atoms with van der Waals surface area (Å²) in [5.74, 6) is -0.901. The SMILES string of the molecule is CC(C)(C)OC(=O)C[C@@H](c1ccc(C(F)(F)F)cc1)c1ccccn1. The number of alkyl halides is 3. The minimum Gasteiger partial charge on any atom is -0.460 e. The molecule has 0 saturated heterocycles. The molecule has 3 nitrogen and oxygen atoms in total. The first-order valence-corrected chi connectivity index (χ1v) is 7.86. The standard InChI is InChI=1S/C19H20F3NO2/c1-18(2,3)25-17(24)12-15(16-6-4-5-11-23-16)13-7-9-14(10-8-13)19(20,21)22/h4-11,15H,12H2,1-3H3/t15-/m0/s1. The highest BCUT2D eigenvalue weighted by Crippen LogP contribution is 2.32. The Morgan fingerprint density at radius 2 is 1.72 bits per heavy atom. The van der Waals surface area contributed by atoms with Crippen LogP contribution in [-0.4, -0.2) is 16.6 Å². The molecule has 0 saturated carbocycles. The van der Waals surface area contributed by atoms with Crippen molar-refractivity contribution in [3.05, 3.63) is 65.5 Å². The molecule has 134 valence electrons. The van der Waals surface area contributed by atoms with Crippen LogP contribution < -0.4 is 0 Å². The monoisotopic (exact) mass is 351 g/mol. The van der Waals surface area contributed by atoms with Crippen molar-refractivity contribution in [3.8, 4) is 0 Å². The largest absolute Gasteiger partial charge is 0.460 e. The normalized spacial score (nSPS) is 13.4. The van der Waals surface area contributed by atoms with Gasteiger partial charge >= 0.3 is 12.1 Å². The zero-order valence-electron chi connectivity index (χ0n) is 14.3. The predicted molar refractivity (Wildman–Crippen MR) is 88.0 cm³/mol. The number of ether oxygens (including phenoxy) is 1. The molecule has 0 amide bonds. The number of esters is 1. The van der Waals surface area contributed by atoms with Gasteiger partial charge in [-0.2, -0.15) is 13.2 Å². The molecule has 0 spiro atoms. The van der Waals surface area contributed by atoms with Crippen molar-refractivity contribution >= 4 is 5.97 Å². The number of aromatic nitrogens is 1.